The Bertz CT molecular complexity index is 540. The van der Waals surface area contributed by atoms with Crippen molar-refractivity contribution in [3.63, 3.8) is 0 Å². The number of guanidine groups is 1. The van der Waals surface area contributed by atoms with Crippen LogP contribution in [0.2, 0.25) is 0 Å². The second-order valence-corrected chi connectivity index (χ2v) is 7.29. The third-order valence-corrected chi connectivity index (χ3v) is 5.17. The van der Waals surface area contributed by atoms with Crippen molar-refractivity contribution in [3.05, 3.63) is 35.9 Å². The summed E-state index contributed by atoms with van der Waals surface area (Å²) in [6, 6.07) is 10.9. The third kappa shape index (κ3) is 8.35. The van der Waals surface area contributed by atoms with Gasteiger partial charge in [0.15, 0.2) is 5.96 Å². The number of aliphatic hydroxyl groups is 1. The first-order valence-corrected chi connectivity index (χ1v) is 10.1. The standard InChI is InChI=1S/C21H36N4O.HI/c1-4-22-21(23-14-13-20(26)19-11-6-5-7-12-19)24-16-18(3)25-15-9-8-10-17(25)2;/h5-7,11-12,17-18,20,26H,4,8-10,13-16H2,1-3H3,(H2,22,23,24);1H. The number of aliphatic hydroxyl groups excluding tert-OH is 1. The number of aliphatic imine (C=N–C) groups is 1. The molecule has 27 heavy (non-hydrogen) atoms. The number of piperidine rings is 1. The minimum atomic E-state index is -0.445. The molecule has 3 atom stereocenters. The van der Waals surface area contributed by atoms with Gasteiger partial charge < -0.3 is 15.7 Å². The largest absolute Gasteiger partial charge is 0.388 e. The van der Waals surface area contributed by atoms with E-state index in [9.17, 15) is 5.11 Å². The second-order valence-electron chi connectivity index (χ2n) is 7.29. The molecular weight excluding hydrogens is 451 g/mol. The Morgan fingerprint density at radius 1 is 1.26 bits per heavy atom. The molecule has 0 radical (unpaired) electrons. The summed E-state index contributed by atoms with van der Waals surface area (Å²) in [7, 11) is 0. The van der Waals surface area contributed by atoms with Gasteiger partial charge in [0.1, 0.15) is 0 Å². The maximum atomic E-state index is 10.3. The van der Waals surface area contributed by atoms with Crippen molar-refractivity contribution in [3.8, 4) is 0 Å². The Morgan fingerprint density at radius 2 is 2.00 bits per heavy atom. The number of nitrogens with one attached hydrogen (secondary N) is 2. The van der Waals surface area contributed by atoms with Crippen molar-refractivity contribution in [1.29, 1.82) is 0 Å². The first-order valence-electron chi connectivity index (χ1n) is 10.1. The van der Waals surface area contributed by atoms with E-state index in [1.165, 1.54) is 25.8 Å². The molecule has 1 fully saturated rings. The summed E-state index contributed by atoms with van der Waals surface area (Å²) in [5.41, 5.74) is 0.962. The summed E-state index contributed by atoms with van der Waals surface area (Å²) >= 11 is 0. The molecule has 6 heteroatoms. The molecule has 0 spiro atoms. The first kappa shape index (κ1) is 24.2. The van der Waals surface area contributed by atoms with Gasteiger partial charge in [-0.25, -0.2) is 0 Å². The van der Waals surface area contributed by atoms with E-state index in [-0.39, 0.29) is 24.0 Å². The Morgan fingerprint density at radius 3 is 2.67 bits per heavy atom. The van der Waals surface area contributed by atoms with Gasteiger partial charge in [0.2, 0.25) is 0 Å². The smallest absolute Gasteiger partial charge is 0.191 e. The fourth-order valence-electron chi connectivity index (χ4n) is 3.61. The van der Waals surface area contributed by atoms with E-state index in [2.05, 4.69) is 36.3 Å². The highest BCUT2D eigenvalue weighted by Crippen LogP contribution is 2.19. The molecule has 1 aromatic carbocycles. The summed E-state index contributed by atoms with van der Waals surface area (Å²) in [5, 5.41) is 16.9. The van der Waals surface area contributed by atoms with Crippen LogP contribution in [0.15, 0.2) is 35.3 Å². The van der Waals surface area contributed by atoms with E-state index >= 15 is 0 Å². The molecule has 0 aromatic heterocycles. The maximum Gasteiger partial charge on any atom is 0.191 e. The number of likely N-dealkylation sites (tertiary alicyclic amines) is 1. The lowest BCUT2D eigenvalue weighted by atomic mass is 10.0. The molecule has 3 unspecified atom stereocenters. The molecule has 1 aromatic rings. The number of halogens is 1. The minimum absolute atomic E-state index is 0. The summed E-state index contributed by atoms with van der Waals surface area (Å²) in [6.45, 7) is 10.2. The van der Waals surface area contributed by atoms with Gasteiger partial charge in [0.25, 0.3) is 0 Å². The maximum absolute atomic E-state index is 10.3. The van der Waals surface area contributed by atoms with Gasteiger partial charge in [-0.2, -0.15) is 0 Å². The van der Waals surface area contributed by atoms with Crippen molar-refractivity contribution in [2.45, 2.75) is 64.6 Å². The topological polar surface area (TPSA) is 59.9 Å². The van der Waals surface area contributed by atoms with E-state index < -0.39 is 6.10 Å². The average molecular weight is 488 g/mol. The predicted molar refractivity (Wildman–Crippen MR) is 125 cm³/mol. The van der Waals surface area contributed by atoms with Crippen molar-refractivity contribution in [2.24, 2.45) is 4.99 Å². The highest BCUT2D eigenvalue weighted by molar-refractivity contribution is 14.0. The molecule has 154 valence electrons. The van der Waals surface area contributed by atoms with Gasteiger partial charge in [-0.1, -0.05) is 36.8 Å². The van der Waals surface area contributed by atoms with Crippen LogP contribution in [0.3, 0.4) is 0 Å². The molecule has 2 rings (SSSR count). The highest BCUT2D eigenvalue weighted by Gasteiger charge is 2.22. The molecule has 1 saturated heterocycles. The molecule has 0 saturated carbocycles. The van der Waals surface area contributed by atoms with Gasteiger partial charge in [0.05, 0.1) is 12.6 Å². The highest BCUT2D eigenvalue weighted by atomic mass is 127. The fraction of sp³-hybridized carbons (Fsp3) is 0.667. The molecule has 0 amide bonds. The van der Waals surface area contributed by atoms with Crippen LogP contribution in [0.4, 0.5) is 0 Å². The normalized spacial score (nSPS) is 20.4. The number of hydrogen-bond donors (Lipinski definition) is 3. The molecule has 1 aliphatic heterocycles. The first-order chi connectivity index (χ1) is 12.6. The van der Waals surface area contributed by atoms with Crippen LogP contribution in [0.1, 0.15) is 58.1 Å². The molecule has 1 heterocycles. The number of benzene rings is 1. The van der Waals surface area contributed by atoms with Crippen LogP contribution in [-0.4, -0.2) is 54.2 Å². The van der Waals surface area contributed by atoms with Crippen LogP contribution in [0.25, 0.3) is 0 Å². The van der Waals surface area contributed by atoms with E-state index in [1.54, 1.807) is 0 Å². The van der Waals surface area contributed by atoms with Crippen molar-refractivity contribution in [2.75, 3.05) is 26.2 Å². The minimum Gasteiger partial charge on any atom is -0.388 e. The van der Waals surface area contributed by atoms with E-state index in [4.69, 9.17) is 4.99 Å². The Labute approximate surface area is 182 Å². The monoisotopic (exact) mass is 488 g/mol. The van der Waals surface area contributed by atoms with E-state index in [0.29, 0.717) is 25.0 Å². The van der Waals surface area contributed by atoms with Crippen LogP contribution in [0, 0.1) is 0 Å². The van der Waals surface area contributed by atoms with E-state index in [0.717, 1.165) is 24.6 Å². The number of rotatable bonds is 8. The van der Waals surface area contributed by atoms with Crippen molar-refractivity contribution >= 4 is 29.9 Å². The molecule has 5 nitrogen and oxygen atoms in total. The Kier molecular flexibility index (Phi) is 11.9. The Hall–Kier alpha value is -0.860. The van der Waals surface area contributed by atoms with Gasteiger partial charge in [0, 0.05) is 25.2 Å². The third-order valence-electron chi connectivity index (χ3n) is 5.17. The summed E-state index contributed by atoms with van der Waals surface area (Å²) in [4.78, 5) is 7.34. The quantitative estimate of drug-likeness (QED) is 0.298. The number of hydrogen-bond acceptors (Lipinski definition) is 3. The summed E-state index contributed by atoms with van der Waals surface area (Å²) in [6.07, 6.45) is 4.16. The molecule has 0 aliphatic carbocycles. The zero-order valence-electron chi connectivity index (χ0n) is 17.0. The summed E-state index contributed by atoms with van der Waals surface area (Å²) < 4.78 is 0. The van der Waals surface area contributed by atoms with Crippen LogP contribution in [0.5, 0.6) is 0 Å². The summed E-state index contributed by atoms with van der Waals surface area (Å²) in [5.74, 6) is 0.837. The molecular formula is C21H37IN4O. The molecule has 1 aliphatic rings. The van der Waals surface area contributed by atoms with Gasteiger partial charge in [-0.05, 0) is 52.1 Å². The zero-order valence-corrected chi connectivity index (χ0v) is 19.4. The lowest BCUT2D eigenvalue weighted by Crippen LogP contribution is -2.45. The van der Waals surface area contributed by atoms with Crippen LogP contribution in [-0.2, 0) is 0 Å². The lowest BCUT2D eigenvalue weighted by Gasteiger charge is -2.37. The van der Waals surface area contributed by atoms with Crippen molar-refractivity contribution in [1.82, 2.24) is 15.5 Å². The van der Waals surface area contributed by atoms with Crippen LogP contribution < -0.4 is 10.6 Å². The van der Waals surface area contributed by atoms with Gasteiger partial charge >= 0.3 is 0 Å². The predicted octanol–water partition coefficient (Wildman–Crippen LogP) is 3.55. The lowest BCUT2D eigenvalue weighted by molar-refractivity contribution is 0.118. The Balaban J connectivity index is 0.00000364. The average Bonchev–Trinajstić information content (AvgIpc) is 2.66. The fourth-order valence-corrected chi connectivity index (χ4v) is 3.61. The molecule has 0 bridgehead atoms. The molecule has 3 N–H and O–H groups in total. The second kappa shape index (κ2) is 13.3. The van der Waals surface area contributed by atoms with Crippen molar-refractivity contribution < 1.29 is 5.11 Å². The van der Waals surface area contributed by atoms with Gasteiger partial charge in [-0.3, -0.25) is 9.89 Å². The van der Waals surface area contributed by atoms with E-state index in [1.807, 2.05) is 30.3 Å². The van der Waals surface area contributed by atoms with Crippen LogP contribution >= 0.6 is 24.0 Å². The number of nitrogens with zero attached hydrogens (tertiary/aromatic N) is 2. The SMILES string of the molecule is CCNC(=NCC(C)N1CCCCC1C)NCCC(O)c1ccccc1.I. The van der Waals surface area contributed by atoms with Gasteiger partial charge in [-0.15, -0.1) is 24.0 Å². The zero-order chi connectivity index (χ0) is 18.8.